The number of nitrogens with one attached hydrogen (secondary N) is 1. The summed E-state index contributed by atoms with van der Waals surface area (Å²) in [4.78, 5) is 2.44. The fourth-order valence-corrected chi connectivity index (χ4v) is 22.2. The predicted molar refractivity (Wildman–Crippen MR) is 499 cm³/mol. The monoisotopic (exact) mass is 1820 g/mol. The fourth-order valence-electron chi connectivity index (χ4n) is 19.8. The zero-order valence-corrected chi connectivity index (χ0v) is 68.2. The number of halogens is 5. The minimum atomic E-state index is -1.09. The number of alkyl halides is 4. The summed E-state index contributed by atoms with van der Waals surface area (Å²) in [7, 11) is 0. The van der Waals surface area contributed by atoms with Crippen molar-refractivity contribution in [2.45, 2.75) is 76.7 Å². The molecule has 2 heterocycles. The van der Waals surface area contributed by atoms with Crippen molar-refractivity contribution in [3.8, 4) is 66.8 Å². The molecule has 6 unspecified atom stereocenters. The Hall–Kier alpha value is -8.47. The topological polar surface area (TPSA) is 15.3 Å². The van der Waals surface area contributed by atoms with Crippen molar-refractivity contribution in [2.24, 2.45) is 23.7 Å². The lowest BCUT2D eigenvalue weighted by Crippen LogP contribution is -2.31. The van der Waals surface area contributed by atoms with Gasteiger partial charge in [-0.3, -0.25) is 0 Å². The third-order valence-corrected chi connectivity index (χ3v) is 26.8. The van der Waals surface area contributed by atoms with Crippen LogP contribution in [-0.2, 0) is 10.8 Å². The van der Waals surface area contributed by atoms with Gasteiger partial charge < -0.3 is 10.2 Å². The van der Waals surface area contributed by atoms with Crippen LogP contribution >= 0.6 is 102 Å². The lowest BCUT2D eigenvalue weighted by atomic mass is 9.66. The minimum Gasteiger partial charge on any atom is -0.355 e. The minimum absolute atomic E-state index is 0. The van der Waals surface area contributed by atoms with E-state index in [2.05, 4.69) is 326 Å². The van der Waals surface area contributed by atoms with Crippen LogP contribution in [0.4, 0.5) is 32.8 Å². The Kier molecular flexibility index (Phi) is 20.9. The predicted octanol–water partition coefficient (Wildman–Crippen LogP) is 32.6. The SMILES string of the molecule is C.C.Clc1ccc(-c2ccc3c(c2)C2(CC4CCC2C4)c2ccccc2-3)cc1.FC(I)(I)I.c1ccc(-c2ccccc2N(c2ccc(-c3ccc4c(c3)C3(CC5CCC3C5)c3ccccc3-4)cc2)c2ccc3c(c2)sc2ccccc23)cc1.c1ccc(-c2ccccc2Nc2ccc3c(c2)sc2ccccc23)cc1. The molecular weight excluding hydrogens is 1740 g/mol. The van der Waals surface area contributed by atoms with E-state index < -0.39 is -0.311 Å². The maximum atomic E-state index is 11.6. The standard InChI is InChI=1S/C49H37NS.C25H21Cl.C24H17NS.CFI3.2CH4/c1-2-10-34(11-3-1)39-12-5-8-16-46(39)50(38-25-27-43-42-14-6-9-17-47(42)51-48(43)30-38)37-23-19-33(20-24-37)35-21-26-41-40-13-4-7-15-44(40)49(45(41)29-35)31-32-18-22-36(49)28-32;26-20-10-6-17(7-11-20)18-8-12-22-21-3-1-2-4-23(21)25(24(22)14-18)15-16-5-9-19(25)13-16;1-2-8-17(9-3-1)19-10-4-6-12-22(19)25-18-14-15-21-20-11-5-7-13-23(20)26-24(21)16-18;2-1(3,4)5;;/h1-17,19-21,23-27,29-30,32,36H,18,22,28,31H2;1-4,6-8,10-12,14,16,19H,5,9,13,15H2;1-16,25H;;2*1H4. The summed E-state index contributed by atoms with van der Waals surface area (Å²) in [6.45, 7) is 0. The molecule has 2 nitrogen and oxygen atoms in total. The summed E-state index contributed by atoms with van der Waals surface area (Å²) in [6.07, 6.45) is 11.1. The first-order valence-electron chi connectivity index (χ1n) is 37.7. The van der Waals surface area contributed by atoms with E-state index in [9.17, 15) is 4.39 Å². The number of hydrogen-bond donors (Lipinski definition) is 1. The van der Waals surface area contributed by atoms with Gasteiger partial charge in [-0.15, -0.1) is 22.7 Å². The summed E-state index contributed by atoms with van der Waals surface area (Å²) in [5.41, 5.74) is 28.4. The van der Waals surface area contributed by atoms with Crippen molar-refractivity contribution in [2.75, 3.05) is 10.2 Å². The van der Waals surface area contributed by atoms with Crippen LogP contribution in [0.1, 0.15) is 88.5 Å². The number of fused-ring (bicyclic) bond motifs is 22. The summed E-state index contributed by atoms with van der Waals surface area (Å²) in [6, 6.07) is 120. The number of thiophene rings is 2. The average molecular weight is 1820 g/mol. The van der Waals surface area contributed by atoms with E-state index in [-0.39, 0.29) is 25.7 Å². The molecule has 0 saturated heterocycles. The second-order valence-corrected chi connectivity index (χ2v) is 43.3. The molecule has 2 aromatic heterocycles. The van der Waals surface area contributed by atoms with E-state index in [1.54, 1.807) is 90.0 Å². The molecule has 14 aromatic carbocycles. The van der Waals surface area contributed by atoms with Gasteiger partial charge in [-0.2, -0.15) is 0 Å². The van der Waals surface area contributed by atoms with E-state index in [1.165, 1.54) is 170 Å². The molecule has 0 radical (unpaired) electrons. The molecule has 110 heavy (non-hydrogen) atoms. The Morgan fingerprint density at radius 1 is 0.355 bits per heavy atom. The molecule has 1 N–H and O–H groups in total. The second kappa shape index (κ2) is 30.9. The summed E-state index contributed by atoms with van der Waals surface area (Å²) in [5, 5.41) is 9.72. The number of hydrogen-bond acceptors (Lipinski definition) is 4. The number of para-hydroxylation sites is 2. The van der Waals surface area contributed by atoms with Crippen LogP contribution in [0.2, 0.25) is 5.02 Å². The molecule has 0 amide bonds. The maximum Gasteiger partial charge on any atom is 0.259 e. The summed E-state index contributed by atoms with van der Waals surface area (Å²) < 4.78 is 15.8. The quantitative estimate of drug-likeness (QED) is 0.114. The summed E-state index contributed by atoms with van der Waals surface area (Å²) >= 11 is 14.9. The van der Waals surface area contributed by atoms with E-state index in [1.807, 2.05) is 34.8 Å². The third-order valence-electron chi connectivity index (χ3n) is 24.3. The molecule has 2 spiro atoms. The fraction of sp³-hybridized carbons (Fsp3) is 0.168. The first-order chi connectivity index (χ1) is 52.9. The van der Waals surface area contributed by atoms with Crippen molar-refractivity contribution in [3.05, 3.63) is 355 Å². The van der Waals surface area contributed by atoms with Crippen LogP contribution in [-0.4, -0.2) is -0.311 Å². The maximum absolute atomic E-state index is 11.6. The first-order valence-corrected chi connectivity index (χ1v) is 42.9. The van der Waals surface area contributed by atoms with Gasteiger partial charge in [0.05, 0.1) is 5.69 Å². The van der Waals surface area contributed by atoms with Gasteiger partial charge in [0.15, 0.2) is 0 Å². The number of benzene rings is 14. The highest BCUT2D eigenvalue weighted by Gasteiger charge is 2.58. The molecule has 6 atom stereocenters. The highest BCUT2D eigenvalue weighted by atomic mass is 127. The highest BCUT2D eigenvalue weighted by molar-refractivity contribution is 14.3. The highest BCUT2D eigenvalue weighted by Crippen LogP contribution is 2.68. The van der Waals surface area contributed by atoms with Gasteiger partial charge in [-0.05, 0) is 293 Å². The second-order valence-electron chi connectivity index (χ2n) is 30.0. The van der Waals surface area contributed by atoms with Gasteiger partial charge in [0.2, 0.25) is 0 Å². The van der Waals surface area contributed by atoms with Gasteiger partial charge in [-0.1, -0.05) is 282 Å². The van der Waals surface area contributed by atoms with E-state index in [4.69, 9.17) is 11.6 Å². The van der Waals surface area contributed by atoms with Gasteiger partial charge in [-0.25, -0.2) is 4.39 Å². The molecule has 4 fully saturated rings. The van der Waals surface area contributed by atoms with Crippen LogP contribution < -0.4 is 10.2 Å². The van der Waals surface area contributed by atoms with Crippen LogP contribution in [0, 0.1) is 23.7 Å². The molecule has 6 aliphatic carbocycles. The van der Waals surface area contributed by atoms with Crippen LogP contribution in [0.3, 0.4) is 0 Å². The molecule has 9 heteroatoms. The lowest BCUT2D eigenvalue weighted by molar-refractivity contribution is 0.327. The van der Waals surface area contributed by atoms with Crippen LogP contribution in [0.5, 0.6) is 0 Å². The van der Waals surface area contributed by atoms with Crippen molar-refractivity contribution in [1.29, 1.82) is 0 Å². The van der Waals surface area contributed by atoms with E-state index in [0.29, 0.717) is 0 Å². The Balaban J connectivity index is 0.000000126. The van der Waals surface area contributed by atoms with Crippen molar-refractivity contribution >= 4 is 171 Å². The Morgan fingerprint density at radius 2 is 0.764 bits per heavy atom. The zero-order valence-electron chi connectivity index (χ0n) is 59.3. The van der Waals surface area contributed by atoms with Crippen molar-refractivity contribution < 1.29 is 4.39 Å². The van der Waals surface area contributed by atoms with Crippen molar-refractivity contribution in [1.82, 2.24) is 0 Å². The Bertz CT molecular complexity index is 6070. The molecule has 6 aliphatic rings. The molecular formula is C101H83ClFI3N2S2. The van der Waals surface area contributed by atoms with E-state index >= 15 is 0 Å². The Morgan fingerprint density at radius 3 is 1.29 bits per heavy atom. The average Bonchev–Trinajstić information content (AvgIpc) is 1.53. The van der Waals surface area contributed by atoms with Gasteiger partial charge in [0.25, 0.3) is -0.311 Å². The Labute approximate surface area is 700 Å². The number of rotatable bonds is 9. The molecule has 544 valence electrons. The molecule has 16 aromatic rings. The third kappa shape index (κ3) is 13.7. The largest absolute Gasteiger partial charge is 0.355 e. The van der Waals surface area contributed by atoms with E-state index in [0.717, 1.165) is 45.8 Å². The number of nitrogens with zero attached hydrogens (tertiary/aromatic N) is 1. The molecule has 0 aliphatic heterocycles. The zero-order chi connectivity index (χ0) is 72.7. The normalized spacial score (nSPS) is 19.0. The molecule has 4 saturated carbocycles. The van der Waals surface area contributed by atoms with Crippen molar-refractivity contribution in [3.63, 3.8) is 0 Å². The van der Waals surface area contributed by atoms with Crippen LogP contribution in [0.25, 0.3) is 107 Å². The summed E-state index contributed by atoms with van der Waals surface area (Å²) in [5.74, 6) is 3.36. The lowest BCUT2D eigenvalue weighted by Gasteiger charge is -2.36. The smallest absolute Gasteiger partial charge is 0.259 e. The molecule has 4 bridgehead atoms. The van der Waals surface area contributed by atoms with Gasteiger partial charge in [0.1, 0.15) is 0 Å². The molecule has 22 rings (SSSR count). The number of anilines is 5. The first kappa shape index (κ1) is 74.3. The van der Waals surface area contributed by atoms with Gasteiger partial charge >= 0.3 is 0 Å². The van der Waals surface area contributed by atoms with Crippen LogP contribution in [0.15, 0.2) is 328 Å². The van der Waals surface area contributed by atoms with Gasteiger partial charge in [0, 0.05) is 90.1 Å².